The van der Waals surface area contributed by atoms with Crippen LogP contribution >= 0.6 is 0 Å². The summed E-state index contributed by atoms with van der Waals surface area (Å²) in [5, 5.41) is 11.4. The van der Waals surface area contributed by atoms with Crippen LogP contribution in [-0.2, 0) is 14.8 Å². The number of methoxy groups -OCH3 is 1. The zero-order valence-corrected chi connectivity index (χ0v) is 12.6. The quantitative estimate of drug-likeness (QED) is 0.850. The Labute approximate surface area is 124 Å². The Hall–Kier alpha value is -1.60. The number of carbonyl (C=O) groups is 1. The predicted molar refractivity (Wildman–Crippen MR) is 74.1 cm³/mol. The molecule has 6 nitrogen and oxygen atoms in total. The van der Waals surface area contributed by atoms with Crippen molar-refractivity contribution < 1.29 is 23.1 Å². The fourth-order valence-electron chi connectivity index (χ4n) is 2.59. The summed E-state index contributed by atoms with van der Waals surface area (Å²) in [6, 6.07) is 5.92. The molecule has 0 bridgehead atoms. The van der Waals surface area contributed by atoms with Crippen LogP contribution in [0.5, 0.6) is 5.75 Å². The molecule has 1 aliphatic carbocycles. The van der Waals surface area contributed by atoms with E-state index in [1.807, 2.05) is 0 Å². The molecule has 2 rings (SSSR count). The first-order chi connectivity index (χ1) is 9.89. The Bertz CT molecular complexity index is 620. The van der Waals surface area contributed by atoms with Crippen LogP contribution in [0.25, 0.3) is 0 Å². The summed E-state index contributed by atoms with van der Waals surface area (Å²) in [5.74, 6) is -0.974. The van der Waals surface area contributed by atoms with E-state index in [1.54, 1.807) is 12.1 Å². The van der Waals surface area contributed by atoms with Crippen molar-refractivity contribution in [3.05, 3.63) is 24.3 Å². The van der Waals surface area contributed by atoms with E-state index in [0.717, 1.165) is 6.42 Å². The van der Waals surface area contributed by atoms with Crippen molar-refractivity contribution in [1.82, 2.24) is 4.72 Å². The number of ether oxygens (including phenoxy) is 1. The molecule has 0 saturated heterocycles. The Kier molecular flexibility index (Phi) is 4.53. The number of hydrogen-bond donors (Lipinski definition) is 1. The molecule has 1 saturated carbocycles. The van der Waals surface area contributed by atoms with E-state index in [0.29, 0.717) is 18.6 Å². The van der Waals surface area contributed by atoms with Crippen molar-refractivity contribution in [2.24, 2.45) is 0 Å². The van der Waals surface area contributed by atoms with Crippen LogP contribution in [0.15, 0.2) is 29.2 Å². The lowest BCUT2D eigenvalue weighted by molar-refractivity contribution is -0.314. The van der Waals surface area contributed by atoms with Crippen molar-refractivity contribution in [2.45, 2.75) is 42.5 Å². The molecule has 0 heterocycles. The van der Waals surface area contributed by atoms with E-state index in [2.05, 4.69) is 4.72 Å². The van der Waals surface area contributed by atoms with Crippen LogP contribution in [0, 0.1) is 0 Å². The van der Waals surface area contributed by atoms with Gasteiger partial charge in [-0.2, -0.15) is 4.72 Å². The van der Waals surface area contributed by atoms with E-state index in [1.165, 1.54) is 19.2 Å². The summed E-state index contributed by atoms with van der Waals surface area (Å²) >= 11 is 0. The predicted octanol–water partition coefficient (Wildman–Crippen LogP) is 0.426. The van der Waals surface area contributed by atoms with Gasteiger partial charge in [-0.25, -0.2) is 8.42 Å². The highest BCUT2D eigenvalue weighted by molar-refractivity contribution is 7.89. The first-order valence-corrected chi connectivity index (χ1v) is 8.27. The van der Waals surface area contributed by atoms with Gasteiger partial charge in [0.05, 0.1) is 23.5 Å². The molecule has 0 aromatic heterocycles. The fraction of sp³-hybridized carbons (Fsp3) is 0.500. The summed E-state index contributed by atoms with van der Waals surface area (Å²) in [6.45, 7) is 0. The molecule has 0 atom stereocenters. The third-order valence-electron chi connectivity index (χ3n) is 3.78. The summed E-state index contributed by atoms with van der Waals surface area (Å²) in [6.07, 6.45) is 2.72. The number of carbonyl (C=O) groups excluding carboxylic acids is 1. The maximum atomic E-state index is 12.4. The molecule has 1 fully saturated rings. The minimum atomic E-state index is -3.95. The van der Waals surface area contributed by atoms with Crippen molar-refractivity contribution >= 4 is 16.0 Å². The van der Waals surface area contributed by atoms with E-state index >= 15 is 0 Å². The van der Waals surface area contributed by atoms with Gasteiger partial charge in [0.25, 0.3) is 0 Å². The molecular weight excluding hydrogens is 294 g/mol. The van der Waals surface area contributed by atoms with E-state index in [4.69, 9.17) is 4.74 Å². The zero-order valence-electron chi connectivity index (χ0n) is 11.8. The van der Waals surface area contributed by atoms with Crippen LogP contribution in [-0.4, -0.2) is 27.0 Å². The van der Waals surface area contributed by atoms with E-state index in [-0.39, 0.29) is 17.7 Å². The first kappa shape index (κ1) is 15.8. The standard InChI is InChI=1S/C14H19NO5S/c1-20-11-6-5-7-12(10-11)21(18,19)15-14(13(16)17)8-3-2-4-9-14/h5-7,10,15H,2-4,8-9H2,1H3,(H,16,17)/p-1. The lowest BCUT2D eigenvalue weighted by Gasteiger charge is -2.38. The number of sulfonamides is 1. The highest BCUT2D eigenvalue weighted by Gasteiger charge is 2.37. The molecule has 116 valence electrons. The molecule has 0 amide bonds. The van der Waals surface area contributed by atoms with Gasteiger partial charge in [0.2, 0.25) is 10.0 Å². The Morgan fingerprint density at radius 3 is 2.52 bits per heavy atom. The summed E-state index contributed by atoms with van der Waals surface area (Å²) in [5.41, 5.74) is -1.51. The lowest BCUT2D eigenvalue weighted by Crippen LogP contribution is -2.60. The third kappa shape index (κ3) is 3.36. The number of aliphatic carboxylic acids is 1. The maximum absolute atomic E-state index is 12.4. The minimum absolute atomic E-state index is 0.0203. The van der Waals surface area contributed by atoms with Gasteiger partial charge in [0.1, 0.15) is 5.75 Å². The Balaban J connectivity index is 2.32. The van der Waals surface area contributed by atoms with E-state index in [9.17, 15) is 18.3 Å². The van der Waals surface area contributed by atoms with Crippen LogP contribution in [0.2, 0.25) is 0 Å². The Morgan fingerprint density at radius 2 is 1.95 bits per heavy atom. The van der Waals surface area contributed by atoms with Crippen molar-refractivity contribution in [3.63, 3.8) is 0 Å². The van der Waals surface area contributed by atoms with Gasteiger partial charge in [-0.1, -0.05) is 25.3 Å². The van der Waals surface area contributed by atoms with Crippen molar-refractivity contribution in [2.75, 3.05) is 7.11 Å². The maximum Gasteiger partial charge on any atom is 0.241 e. The van der Waals surface area contributed by atoms with Crippen molar-refractivity contribution in [3.8, 4) is 5.75 Å². The van der Waals surface area contributed by atoms with Gasteiger partial charge in [0.15, 0.2) is 0 Å². The average Bonchev–Trinajstić information content (AvgIpc) is 2.47. The van der Waals surface area contributed by atoms with Gasteiger partial charge in [-0.05, 0) is 25.0 Å². The van der Waals surface area contributed by atoms with Crippen LogP contribution < -0.4 is 14.6 Å². The molecule has 7 heteroatoms. The second kappa shape index (κ2) is 6.03. The van der Waals surface area contributed by atoms with Crippen LogP contribution in [0.4, 0.5) is 0 Å². The Morgan fingerprint density at radius 1 is 1.29 bits per heavy atom. The highest BCUT2D eigenvalue weighted by atomic mass is 32.2. The molecule has 0 aliphatic heterocycles. The normalized spacial score (nSPS) is 18.1. The summed E-state index contributed by atoms with van der Waals surface area (Å²) in [4.78, 5) is 11.4. The van der Waals surface area contributed by atoms with Crippen LogP contribution in [0.3, 0.4) is 0 Å². The molecule has 0 spiro atoms. The average molecular weight is 312 g/mol. The molecule has 1 aromatic rings. The smallest absolute Gasteiger partial charge is 0.241 e. The lowest BCUT2D eigenvalue weighted by atomic mass is 9.83. The molecule has 0 unspecified atom stereocenters. The minimum Gasteiger partial charge on any atom is -0.548 e. The van der Waals surface area contributed by atoms with Crippen LogP contribution in [0.1, 0.15) is 32.1 Å². The van der Waals surface area contributed by atoms with Gasteiger partial charge in [0, 0.05) is 6.07 Å². The van der Waals surface area contributed by atoms with E-state index < -0.39 is 21.5 Å². The zero-order chi connectivity index (χ0) is 15.5. The van der Waals surface area contributed by atoms with Crippen molar-refractivity contribution in [1.29, 1.82) is 0 Å². The molecule has 1 N–H and O–H groups in total. The monoisotopic (exact) mass is 312 g/mol. The number of hydrogen-bond acceptors (Lipinski definition) is 5. The summed E-state index contributed by atoms with van der Waals surface area (Å²) < 4.78 is 32.2. The number of carboxylic acid groups (broad SMARTS) is 1. The highest BCUT2D eigenvalue weighted by Crippen LogP contribution is 2.30. The number of rotatable bonds is 5. The molecule has 0 radical (unpaired) electrons. The molecular formula is C14H18NO5S-. The number of carboxylic acids is 1. The summed E-state index contributed by atoms with van der Waals surface area (Å²) in [7, 11) is -2.51. The molecule has 1 aromatic carbocycles. The third-order valence-corrected chi connectivity index (χ3v) is 5.31. The molecule has 21 heavy (non-hydrogen) atoms. The largest absolute Gasteiger partial charge is 0.548 e. The number of nitrogens with one attached hydrogen (secondary N) is 1. The topological polar surface area (TPSA) is 95.5 Å². The van der Waals surface area contributed by atoms with Gasteiger partial charge < -0.3 is 14.6 Å². The van der Waals surface area contributed by atoms with Gasteiger partial charge in [-0.15, -0.1) is 0 Å². The first-order valence-electron chi connectivity index (χ1n) is 6.79. The SMILES string of the molecule is COc1cccc(S(=O)(=O)NC2(C(=O)[O-])CCCCC2)c1. The molecule has 1 aliphatic rings. The fourth-order valence-corrected chi connectivity index (χ4v) is 4.04. The van der Waals surface area contributed by atoms with Gasteiger partial charge >= 0.3 is 0 Å². The second-order valence-corrected chi connectivity index (χ2v) is 6.90. The number of benzene rings is 1. The second-order valence-electron chi connectivity index (χ2n) is 5.21. The van der Waals surface area contributed by atoms with Gasteiger partial charge in [-0.3, -0.25) is 0 Å².